The van der Waals surface area contributed by atoms with Gasteiger partial charge < -0.3 is 20.3 Å². The van der Waals surface area contributed by atoms with Crippen LogP contribution in [-0.2, 0) is 4.74 Å². The maximum Gasteiger partial charge on any atom is 0.232 e. The van der Waals surface area contributed by atoms with Crippen LogP contribution in [0.15, 0.2) is 0 Å². The van der Waals surface area contributed by atoms with Gasteiger partial charge in [0.25, 0.3) is 0 Å². The van der Waals surface area contributed by atoms with E-state index >= 15 is 0 Å². The third-order valence-electron chi connectivity index (χ3n) is 5.29. The standard InChI is InChI=1S/C17H28N6O/c1-2-6-13(5-1)18-15-20-16(19-14-7-3-4-8-14)22-17(21-15)23-9-11-24-12-10-23/h13-14H,1-12H2,(H2,18,19,20,21,22). The first-order valence-electron chi connectivity index (χ1n) is 9.49. The second-order valence-electron chi connectivity index (χ2n) is 7.13. The lowest BCUT2D eigenvalue weighted by Crippen LogP contribution is -2.38. The summed E-state index contributed by atoms with van der Waals surface area (Å²) in [5.74, 6) is 2.21. The Hall–Kier alpha value is -1.63. The molecule has 0 radical (unpaired) electrons. The normalized spacial score (nSPS) is 22.9. The van der Waals surface area contributed by atoms with Gasteiger partial charge in [0.1, 0.15) is 0 Å². The Morgan fingerprint density at radius 1 is 0.750 bits per heavy atom. The highest BCUT2D eigenvalue weighted by Crippen LogP contribution is 2.24. The first-order valence-corrected chi connectivity index (χ1v) is 9.49. The topological polar surface area (TPSA) is 75.2 Å². The summed E-state index contributed by atoms with van der Waals surface area (Å²) in [5, 5.41) is 7.05. The molecule has 0 unspecified atom stereocenters. The van der Waals surface area contributed by atoms with Crippen LogP contribution in [0, 0.1) is 0 Å². The molecule has 1 aliphatic heterocycles. The fourth-order valence-corrected chi connectivity index (χ4v) is 3.90. The number of ether oxygens (including phenoxy) is 1. The van der Waals surface area contributed by atoms with Crippen molar-refractivity contribution in [2.24, 2.45) is 0 Å². The fourth-order valence-electron chi connectivity index (χ4n) is 3.90. The molecule has 3 aliphatic rings. The summed E-state index contributed by atoms with van der Waals surface area (Å²) in [5.41, 5.74) is 0. The molecule has 2 aliphatic carbocycles. The number of rotatable bonds is 5. The van der Waals surface area contributed by atoms with E-state index in [1.807, 2.05) is 0 Å². The van der Waals surface area contributed by atoms with Crippen molar-refractivity contribution in [3.8, 4) is 0 Å². The molecule has 1 saturated heterocycles. The number of nitrogens with zero attached hydrogens (tertiary/aromatic N) is 4. The molecule has 1 aromatic rings. The SMILES string of the molecule is C1CCC(Nc2nc(NC3CCCC3)nc(N3CCOCC3)n2)C1. The lowest BCUT2D eigenvalue weighted by Gasteiger charge is -2.27. The molecule has 3 fully saturated rings. The Kier molecular flexibility index (Phi) is 4.96. The van der Waals surface area contributed by atoms with Crippen LogP contribution in [0.5, 0.6) is 0 Å². The van der Waals surface area contributed by atoms with E-state index in [9.17, 15) is 0 Å². The predicted octanol–water partition coefficient (Wildman–Crippen LogP) is 2.42. The summed E-state index contributed by atoms with van der Waals surface area (Å²) in [4.78, 5) is 16.2. The lowest BCUT2D eigenvalue weighted by atomic mass is 10.2. The molecular formula is C17H28N6O. The molecular weight excluding hydrogens is 304 g/mol. The minimum absolute atomic E-state index is 0.504. The van der Waals surface area contributed by atoms with Gasteiger partial charge in [-0.25, -0.2) is 0 Å². The summed E-state index contributed by atoms with van der Waals surface area (Å²) in [7, 11) is 0. The van der Waals surface area contributed by atoms with Crippen molar-refractivity contribution >= 4 is 17.8 Å². The first-order chi connectivity index (χ1) is 11.9. The van der Waals surface area contributed by atoms with Gasteiger partial charge in [0, 0.05) is 25.2 Å². The molecule has 0 spiro atoms. The van der Waals surface area contributed by atoms with Crippen LogP contribution >= 0.6 is 0 Å². The zero-order valence-electron chi connectivity index (χ0n) is 14.3. The van der Waals surface area contributed by atoms with Crippen LogP contribution in [0.4, 0.5) is 17.8 Å². The average molecular weight is 332 g/mol. The molecule has 1 aromatic heterocycles. The van der Waals surface area contributed by atoms with Gasteiger partial charge in [-0.05, 0) is 25.7 Å². The van der Waals surface area contributed by atoms with Gasteiger partial charge in [0.15, 0.2) is 0 Å². The second-order valence-corrected chi connectivity index (χ2v) is 7.13. The van der Waals surface area contributed by atoms with E-state index in [-0.39, 0.29) is 0 Å². The molecule has 2 saturated carbocycles. The van der Waals surface area contributed by atoms with Gasteiger partial charge in [-0.15, -0.1) is 0 Å². The van der Waals surface area contributed by atoms with E-state index in [1.165, 1.54) is 51.4 Å². The summed E-state index contributed by atoms with van der Waals surface area (Å²) in [6.45, 7) is 3.16. The van der Waals surface area contributed by atoms with Crippen LogP contribution in [0.2, 0.25) is 0 Å². The molecule has 0 atom stereocenters. The van der Waals surface area contributed by atoms with Crippen molar-refractivity contribution in [2.45, 2.75) is 63.5 Å². The zero-order chi connectivity index (χ0) is 16.2. The predicted molar refractivity (Wildman–Crippen MR) is 94.6 cm³/mol. The van der Waals surface area contributed by atoms with Crippen molar-refractivity contribution < 1.29 is 4.74 Å². The molecule has 7 nitrogen and oxygen atoms in total. The third kappa shape index (κ3) is 3.88. The number of nitrogens with one attached hydrogen (secondary N) is 2. The van der Waals surface area contributed by atoms with E-state index in [4.69, 9.17) is 14.7 Å². The van der Waals surface area contributed by atoms with Crippen LogP contribution in [0.3, 0.4) is 0 Å². The van der Waals surface area contributed by atoms with Crippen LogP contribution in [0.1, 0.15) is 51.4 Å². The summed E-state index contributed by atoms with van der Waals surface area (Å²) < 4.78 is 5.45. The number of morpholine rings is 1. The highest BCUT2D eigenvalue weighted by atomic mass is 16.5. The van der Waals surface area contributed by atoms with E-state index in [0.717, 1.165) is 44.1 Å². The minimum Gasteiger partial charge on any atom is -0.378 e. The van der Waals surface area contributed by atoms with Crippen molar-refractivity contribution in [2.75, 3.05) is 41.8 Å². The van der Waals surface area contributed by atoms with Crippen molar-refractivity contribution in [1.29, 1.82) is 0 Å². The molecule has 132 valence electrons. The Bertz CT molecular complexity index is 500. The molecule has 7 heteroatoms. The monoisotopic (exact) mass is 332 g/mol. The van der Waals surface area contributed by atoms with E-state index < -0.39 is 0 Å². The average Bonchev–Trinajstić information content (AvgIpc) is 3.30. The quantitative estimate of drug-likeness (QED) is 0.857. The zero-order valence-corrected chi connectivity index (χ0v) is 14.3. The largest absolute Gasteiger partial charge is 0.378 e. The maximum absolute atomic E-state index is 5.45. The first kappa shape index (κ1) is 15.9. The van der Waals surface area contributed by atoms with Crippen LogP contribution in [0.25, 0.3) is 0 Å². The minimum atomic E-state index is 0.504. The van der Waals surface area contributed by atoms with Crippen LogP contribution in [-0.4, -0.2) is 53.3 Å². The highest BCUT2D eigenvalue weighted by molar-refractivity contribution is 5.45. The number of hydrogen-bond donors (Lipinski definition) is 2. The van der Waals surface area contributed by atoms with E-state index in [2.05, 4.69) is 20.5 Å². The molecule has 2 N–H and O–H groups in total. The van der Waals surface area contributed by atoms with Crippen molar-refractivity contribution in [3.05, 3.63) is 0 Å². The number of anilines is 3. The molecule has 0 aromatic carbocycles. The second kappa shape index (κ2) is 7.51. The fraction of sp³-hybridized carbons (Fsp3) is 0.824. The summed E-state index contributed by atoms with van der Waals surface area (Å²) >= 11 is 0. The van der Waals surface area contributed by atoms with Crippen molar-refractivity contribution in [1.82, 2.24) is 15.0 Å². The van der Waals surface area contributed by atoms with Gasteiger partial charge in [0.2, 0.25) is 17.8 Å². The van der Waals surface area contributed by atoms with Crippen LogP contribution < -0.4 is 15.5 Å². The smallest absolute Gasteiger partial charge is 0.232 e. The Labute approximate surface area is 143 Å². The summed E-state index contributed by atoms with van der Waals surface area (Å²) in [6.07, 6.45) is 10.0. The number of hydrogen-bond acceptors (Lipinski definition) is 7. The van der Waals surface area contributed by atoms with E-state index in [1.54, 1.807) is 0 Å². The maximum atomic E-state index is 5.45. The van der Waals surface area contributed by atoms with Gasteiger partial charge in [-0.3, -0.25) is 0 Å². The molecule has 2 heterocycles. The molecule has 24 heavy (non-hydrogen) atoms. The van der Waals surface area contributed by atoms with E-state index in [0.29, 0.717) is 12.1 Å². The lowest BCUT2D eigenvalue weighted by molar-refractivity contribution is 0.122. The highest BCUT2D eigenvalue weighted by Gasteiger charge is 2.21. The molecule has 0 bridgehead atoms. The Morgan fingerprint density at radius 3 is 1.75 bits per heavy atom. The number of aromatic nitrogens is 3. The molecule has 0 amide bonds. The Balaban J connectivity index is 1.53. The summed E-state index contributed by atoms with van der Waals surface area (Å²) in [6, 6.07) is 1.01. The Morgan fingerprint density at radius 2 is 1.25 bits per heavy atom. The van der Waals surface area contributed by atoms with Gasteiger partial charge in [0.05, 0.1) is 13.2 Å². The third-order valence-corrected chi connectivity index (χ3v) is 5.29. The van der Waals surface area contributed by atoms with Crippen molar-refractivity contribution in [3.63, 3.8) is 0 Å². The van der Waals surface area contributed by atoms with Gasteiger partial charge in [-0.2, -0.15) is 15.0 Å². The van der Waals surface area contributed by atoms with Gasteiger partial charge in [-0.1, -0.05) is 25.7 Å². The molecule has 4 rings (SSSR count). The van der Waals surface area contributed by atoms with Gasteiger partial charge >= 0.3 is 0 Å².